The standard InChI is InChI=1S/C15H21NO2/c1-4-18-11-14-8-6-5-7-13(14)10-16-15(17)9-12(2)3/h5-9H,4,10-11H2,1-3H3,(H,16,17). The molecule has 0 saturated heterocycles. The highest BCUT2D eigenvalue weighted by atomic mass is 16.5. The zero-order valence-corrected chi connectivity index (χ0v) is 11.3. The van der Waals surface area contributed by atoms with Crippen LogP contribution in [0.4, 0.5) is 0 Å². The van der Waals surface area contributed by atoms with E-state index in [0.29, 0.717) is 19.8 Å². The molecule has 0 atom stereocenters. The molecule has 1 amide bonds. The minimum absolute atomic E-state index is 0.0544. The number of hydrogen-bond acceptors (Lipinski definition) is 2. The number of ether oxygens (including phenoxy) is 1. The number of rotatable bonds is 6. The van der Waals surface area contributed by atoms with E-state index in [2.05, 4.69) is 5.32 Å². The average Bonchev–Trinajstić information content (AvgIpc) is 2.34. The Balaban J connectivity index is 2.61. The van der Waals surface area contributed by atoms with Crippen molar-refractivity contribution < 1.29 is 9.53 Å². The molecule has 1 rings (SSSR count). The first kappa shape index (κ1) is 14.5. The van der Waals surface area contributed by atoms with Gasteiger partial charge in [-0.1, -0.05) is 29.8 Å². The monoisotopic (exact) mass is 247 g/mol. The lowest BCUT2D eigenvalue weighted by Crippen LogP contribution is -2.21. The van der Waals surface area contributed by atoms with Crippen molar-refractivity contribution in [2.75, 3.05) is 6.61 Å². The second-order valence-corrected chi connectivity index (χ2v) is 4.35. The van der Waals surface area contributed by atoms with Crippen molar-refractivity contribution in [2.24, 2.45) is 0 Å². The van der Waals surface area contributed by atoms with Crippen molar-refractivity contribution in [3.05, 3.63) is 47.0 Å². The molecule has 0 unspecified atom stereocenters. The highest BCUT2D eigenvalue weighted by molar-refractivity contribution is 5.87. The molecule has 0 aliphatic heterocycles. The van der Waals surface area contributed by atoms with Gasteiger partial charge in [0.1, 0.15) is 0 Å². The van der Waals surface area contributed by atoms with E-state index < -0.39 is 0 Å². The maximum absolute atomic E-state index is 11.5. The molecule has 0 saturated carbocycles. The van der Waals surface area contributed by atoms with Crippen LogP contribution < -0.4 is 5.32 Å². The van der Waals surface area contributed by atoms with Crippen molar-refractivity contribution in [3.63, 3.8) is 0 Å². The van der Waals surface area contributed by atoms with Gasteiger partial charge in [0.25, 0.3) is 0 Å². The van der Waals surface area contributed by atoms with E-state index in [0.717, 1.165) is 16.7 Å². The van der Waals surface area contributed by atoms with Crippen molar-refractivity contribution in [1.29, 1.82) is 0 Å². The second kappa shape index (κ2) is 7.67. The van der Waals surface area contributed by atoms with Gasteiger partial charge in [-0.15, -0.1) is 0 Å². The van der Waals surface area contributed by atoms with Gasteiger partial charge >= 0.3 is 0 Å². The Morgan fingerprint density at radius 2 is 1.94 bits per heavy atom. The molecule has 0 radical (unpaired) electrons. The lowest BCUT2D eigenvalue weighted by Gasteiger charge is -2.09. The molecular formula is C15H21NO2. The minimum atomic E-state index is -0.0544. The third kappa shape index (κ3) is 5.15. The summed E-state index contributed by atoms with van der Waals surface area (Å²) >= 11 is 0. The Morgan fingerprint density at radius 1 is 1.28 bits per heavy atom. The van der Waals surface area contributed by atoms with Crippen LogP contribution in [0.5, 0.6) is 0 Å². The van der Waals surface area contributed by atoms with E-state index in [9.17, 15) is 4.79 Å². The van der Waals surface area contributed by atoms with Gasteiger partial charge in [-0.3, -0.25) is 4.79 Å². The average molecular weight is 247 g/mol. The normalized spacial score (nSPS) is 9.94. The van der Waals surface area contributed by atoms with E-state index in [4.69, 9.17) is 4.74 Å². The molecule has 18 heavy (non-hydrogen) atoms. The molecular weight excluding hydrogens is 226 g/mol. The molecule has 1 aromatic carbocycles. The number of allylic oxidation sites excluding steroid dienone is 1. The maximum atomic E-state index is 11.5. The lowest BCUT2D eigenvalue weighted by atomic mass is 10.1. The van der Waals surface area contributed by atoms with Gasteiger partial charge in [0.15, 0.2) is 0 Å². The van der Waals surface area contributed by atoms with Crippen LogP contribution in [-0.4, -0.2) is 12.5 Å². The smallest absolute Gasteiger partial charge is 0.244 e. The summed E-state index contributed by atoms with van der Waals surface area (Å²) in [6.07, 6.45) is 1.60. The largest absolute Gasteiger partial charge is 0.377 e. The zero-order chi connectivity index (χ0) is 13.4. The van der Waals surface area contributed by atoms with Crippen LogP contribution >= 0.6 is 0 Å². The molecule has 3 heteroatoms. The summed E-state index contributed by atoms with van der Waals surface area (Å²) in [6.45, 7) is 7.60. The maximum Gasteiger partial charge on any atom is 0.244 e. The predicted octanol–water partition coefficient (Wildman–Crippen LogP) is 2.81. The van der Waals surface area contributed by atoms with Crippen LogP contribution in [0.15, 0.2) is 35.9 Å². The molecule has 0 fully saturated rings. The van der Waals surface area contributed by atoms with E-state index in [1.165, 1.54) is 0 Å². The van der Waals surface area contributed by atoms with Crippen LogP contribution in [0.1, 0.15) is 31.9 Å². The molecule has 0 heterocycles. The summed E-state index contributed by atoms with van der Waals surface area (Å²) in [5, 5.41) is 2.88. The van der Waals surface area contributed by atoms with Crippen LogP contribution in [0, 0.1) is 0 Å². The quantitative estimate of drug-likeness (QED) is 0.785. The van der Waals surface area contributed by atoms with Gasteiger partial charge in [0.05, 0.1) is 6.61 Å². The Kier molecular flexibility index (Phi) is 6.15. The highest BCUT2D eigenvalue weighted by Crippen LogP contribution is 2.10. The number of amides is 1. The molecule has 98 valence electrons. The Hall–Kier alpha value is -1.61. The molecule has 1 aromatic rings. The molecule has 0 aromatic heterocycles. The van der Waals surface area contributed by atoms with Gasteiger partial charge in [-0.25, -0.2) is 0 Å². The van der Waals surface area contributed by atoms with Crippen molar-refractivity contribution in [1.82, 2.24) is 5.32 Å². The van der Waals surface area contributed by atoms with E-state index in [-0.39, 0.29) is 5.91 Å². The SMILES string of the molecule is CCOCc1ccccc1CNC(=O)C=C(C)C. The molecule has 0 spiro atoms. The fourth-order valence-corrected chi connectivity index (χ4v) is 1.58. The Bertz CT molecular complexity index is 420. The first-order valence-corrected chi connectivity index (χ1v) is 6.20. The van der Waals surface area contributed by atoms with E-state index in [1.54, 1.807) is 6.08 Å². The van der Waals surface area contributed by atoms with Gasteiger partial charge in [-0.05, 0) is 31.9 Å². The number of carbonyl (C=O) groups is 1. The number of hydrogen-bond donors (Lipinski definition) is 1. The predicted molar refractivity (Wildman–Crippen MR) is 73.0 cm³/mol. The summed E-state index contributed by atoms with van der Waals surface area (Å²) in [5.74, 6) is -0.0544. The molecule has 0 bridgehead atoms. The van der Waals surface area contributed by atoms with Crippen LogP contribution in [0.25, 0.3) is 0 Å². The fourth-order valence-electron chi connectivity index (χ4n) is 1.58. The van der Waals surface area contributed by atoms with Crippen LogP contribution in [-0.2, 0) is 22.7 Å². The fraction of sp³-hybridized carbons (Fsp3) is 0.400. The van der Waals surface area contributed by atoms with Crippen LogP contribution in [0.2, 0.25) is 0 Å². The van der Waals surface area contributed by atoms with Crippen molar-refractivity contribution in [3.8, 4) is 0 Å². The number of carbonyl (C=O) groups excluding carboxylic acids is 1. The molecule has 1 N–H and O–H groups in total. The Labute approximate surface area is 109 Å². The number of benzene rings is 1. The van der Waals surface area contributed by atoms with Gasteiger partial charge in [-0.2, -0.15) is 0 Å². The first-order chi connectivity index (χ1) is 8.63. The summed E-state index contributed by atoms with van der Waals surface area (Å²) < 4.78 is 5.41. The first-order valence-electron chi connectivity index (χ1n) is 6.20. The zero-order valence-electron chi connectivity index (χ0n) is 11.3. The van der Waals surface area contributed by atoms with E-state index >= 15 is 0 Å². The third-order valence-corrected chi connectivity index (χ3v) is 2.45. The van der Waals surface area contributed by atoms with Crippen molar-refractivity contribution in [2.45, 2.75) is 33.9 Å². The van der Waals surface area contributed by atoms with Crippen LogP contribution in [0.3, 0.4) is 0 Å². The van der Waals surface area contributed by atoms with Gasteiger partial charge in [0.2, 0.25) is 5.91 Å². The molecule has 0 aliphatic rings. The highest BCUT2D eigenvalue weighted by Gasteiger charge is 2.03. The topological polar surface area (TPSA) is 38.3 Å². The summed E-state index contributed by atoms with van der Waals surface area (Å²) in [5.41, 5.74) is 3.22. The summed E-state index contributed by atoms with van der Waals surface area (Å²) in [7, 11) is 0. The van der Waals surface area contributed by atoms with Crippen molar-refractivity contribution >= 4 is 5.91 Å². The second-order valence-electron chi connectivity index (χ2n) is 4.35. The minimum Gasteiger partial charge on any atom is -0.377 e. The number of nitrogens with one attached hydrogen (secondary N) is 1. The summed E-state index contributed by atoms with van der Waals surface area (Å²) in [6, 6.07) is 7.99. The third-order valence-electron chi connectivity index (χ3n) is 2.45. The molecule has 3 nitrogen and oxygen atoms in total. The van der Waals surface area contributed by atoms with Gasteiger partial charge < -0.3 is 10.1 Å². The Morgan fingerprint density at radius 3 is 2.56 bits per heavy atom. The van der Waals surface area contributed by atoms with Gasteiger partial charge in [0, 0.05) is 19.2 Å². The molecule has 0 aliphatic carbocycles. The summed E-state index contributed by atoms with van der Waals surface area (Å²) in [4.78, 5) is 11.5. The van der Waals surface area contributed by atoms with E-state index in [1.807, 2.05) is 45.0 Å². The lowest BCUT2D eigenvalue weighted by molar-refractivity contribution is -0.116.